The molecule has 134 valence electrons. The molecule has 0 aliphatic heterocycles. The lowest BCUT2D eigenvalue weighted by Gasteiger charge is -2.24. The Balaban J connectivity index is 1.86. The van der Waals surface area contributed by atoms with Crippen molar-refractivity contribution in [3.8, 4) is 5.69 Å². The fourth-order valence-electron chi connectivity index (χ4n) is 3.40. The molecule has 5 heteroatoms. The van der Waals surface area contributed by atoms with E-state index in [1.807, 2.05) is 17.1 Å². The highest BCUT2D eigenvalue weighted by atomic mass is 32.2. The van der Waals surface area contributed by atoms with E-state index in [0.717, 1.165) is 24.9 Å². The van der Waals surface area contributed by atoms with Crippen LogP contribution in [-0.4, -0.2) is 27.7 Å². The number of hydrogen-bond acceptors (Lipinski definition) is 3. The smallest absolute Gasteiger partial charge is 0.230 e. The monoisotopic (exact) mass is 357 g/mol. The molecule has 0 radical (unpaired) electrons. The van der Waals surface area contributed by atoms with Crippen molar-refractivity contribution in [2.75, 3.05) is 12.0 Å². The molecule has 1 aliphatic carbocycles. The summed E-state index contributed by atoms with van der Waals surface area (Å²) < 4.78 is 2.04. The molecule has 1 aromatic heterocycles. The van der Waals surface area contributed by atoms with Crippen LogP contribution in [0.1, 0.15) is 56.5 Å². The van der Waals surface area contributed by atoms with Gasteiger partial charge in [-0.05, 0) is 48.6 Å². The highest BCUT2D eigenvalue weighted by Gasteiger charge is 2.26. The van der Waals surface area contributed by atoms with Gasteiger partial charge in [0, 0.05) is 11.3 Å². The third kappa shape index (κ3) is 3.92. The van der Waals surface area contributed by atoms with Crippen LogP contribution >= 0.6 is 11.8 Å². The van der Waals surface area contributed by atoms with Gasteiger partial charge < -0.3 is 5.32 Å². The third-order valence-corrected chi connectivity index (χ3v) is 5.32. The second-order valence-electron chi connectivity index (χ2n) is 7.70. The first kappa shape index (κ1) is 18.1. The molecule has 25 heavy (non-hydrogen) atoms. The van der Waals surface area contributed by atoms with Gasteiger partial charge in [-0.2, -0.15) is 16.9 Å². The molecular formula is C20H27N3OS. The summed E-state index contributed by atoms with van der Waals surface area (Å²) in [6.07, 6.45) is 6.94. The van der Waals surface area contributed by atoms with Gasteiger partial charge in [0.05, 0.1) is 23.7 Å². The van der Waals surface area contributed by atoms with Crippen molar-refractivity contribution in [1.29, 1.82) is 0 Å². The van der Waals surface area contributed by atoms with Crippen molar-refractivity contribution in [3.05, 3.63) is 47.3 Å². The van der Waals surface area contributed by atoms with Crippen molar-refractivity contribution in [2.45, 2.75) is 51.5 Å². The van der Waals surface area contributed by atoms with Crippen LogP contribution in [0.5, 0.6) is 0 Å². The van der Waals surface area contributed by atoms with Gasteiger partial charge in [-0.25, -0.2) is 4.68 Å². The molecule has 0 fully saturated rings. The average molecular weight is 358 g/mol. The summed E-state index contributed by atoms with van der Waals surface area (Å²) in [4.78, 5) is 12.0. The minimum atomic E-state index is 0.0889. The van der Waals surface area contributed by atoms with E-state index >= 15 is 0 Å². The van der Waals surface area contributed by atoms with Gasteiger partial charge in [0.2, 0.25) is 5.91 Å². The van der Waals surface area contributed by atoms with Gasteiger partial charge in [0.15, 0.2) is 0 Å². The van der Waals surface area contributed by atoms with Crippen molar-refractivity contribution in [3.63, 3.8) is 0 Å². The zero-order valence-electron chi connectivity index (χ0n) is 15.5. The summed E-state index contributed by atoms with van der Waals surface area (Å²) >= 11 is 1.55. The Morgan fingerprint density at radius 2 is 2.04 bits per heavy atom. The van der Waals surface area contributed by atoms with Gasteiger partial charge in [-0.3, -0.25) is 4.79 Å². The Morgan fingerprint density at radius 1 is 1.32 bits per heavy atom. The largest absolute Gasteiger partial charge is 0.348 e. The SMILES string of the molecule is CSCC(=O)N[C@@H]1CCCc2c1cnn2-c1ccc(C(C)(C)C)cc1. The number of carbonyl (C=O) groups is 1. The van der Waals surface area contributed by atoms with E-state index in [0.29, 0.717) is 5.75 Å². The summed E-state index contributed by atoms with van der Waals surface area (Å²) in [6, 6.07) is 8.74. The molecule has 0 spiro atoms. The summed E-state index contributed by atoms with van der Waals surface area (Å²) in [5, 5.41) is 7.78. The molecule has 3 rings (SSSR count). The molecule has 2 aromatic rings. The van der Waals surface area contributed by atoms with Crippen LogP contribution in [0.25, 0.3) is 5.69 Å². The third-order valence-electron chi connectivity index (χ3n) is 4.77. The summed E-state index contributed by atoms with van der Waals surface area (Å²) in [5.41, 5.74) is 4.95. The number of rotatable bonds is 4. The molecule has 0 bridgehead atoms. The Morgan fingerprint density at radius 3 is 2.68 bits per heavy atom. The van der Waals surface area contributed by atoms with Crippen LogP contribution in [0.4, 0.5) is 0 Å². The number of nitrogens with one attached hydrogen (secondary N) is 1. The van der Waals surface area contributed by atoms with Gasteiger partial charge in [0.1, 0.15) is 0 Å². The van der Waals surface area contributed by atoms with Crippen molar-refractivity contribution >= 4 is 17.7 Å². The summed E-state index contributed by atoms with van der Waals surface area (Å²) in [6.45, 7) is 6.67. The zero-order chi connectivity index (χ0) is 18.0. The molecule has 1 amide bonds. The number of amides is 1. The Bertz CT molecular complexity index is 743. The van der Waals surface area contributed by atoms with Crippen molar-refractivity contribution in [1.82, 2.24) is 15.1 Å². The highest BCUT2D eigenvalue weighted by molar-refractivity contribution is 7.99. The zero-order valence-corrected chi connectivity index (χ0v) is 16.3. The van der Waals surface area contributed by atoms with Crippen molar-refractivity contribution in [2.24, 2.45) is 0 Å². The summed E-state index contributed by atoms with van der Waals surface area (Å²) in [5.74, 6) is 0.612. The lowest BCUT2D eigenvalue weighted by atomic mass is 9.87. The van der Waals surface area contributed by atoms with E-state index in [4.69, 9.17) is 0 Å². The van der Waals surface area contributed by atoms with E-state index in [1.165, 1.54) is 16.8 Å². The van der Waals surface area contributed by atoms with Crippen molar-refractivity contribution < 1.29 is 4.79 Å². The quantitative estimate of drug-likeness (QED) is 0.899. The minimum absolute atomic E-state index is 0.0889. The molecule has 0 unspecified atom stereocenters. The highest BCUT2D eigenvalue weighted by Crippen LogP contribution is 2.31. The number of hydrogen-bond donors (Lipinski definition) is 1. The fourth-order valence-corrected chi connectivity index (χ4v) is 3.74. The summed E-state index contributed by atoms with van der Waals surface area (Å²) in [7, 11) is 0. The predicted molar refractivity (Wildman–Crippen MR) is 104 cm³/mol. The molecular weight excluding hydrogens is 330 g/mol. The maximum absolute atomic E-state index is 12.0. The van der Waals surface area contributed by atoms with Crippen LogP contribution in [0.15, 0.2) is 30.5 Å². The number of aromatic nitrogens is 2. The second kappa shape index (κ2) is 7.24. The molecule has 1 heterocycles. The van der Waals surface area contributed by atoms with E-state index in [2.05, 4.69) is 55.5 Å². The first-order valence-corrected chi connectivity index (χ1v) is 10.3. The number of benzene rings is 1. The Kier molecular flexibility index (Phi) is 5.23. The van der Waals surface area contributed by atoms with E-state index in [9.17, 15) is 4.79 Å². The fraction of sp³-hybridized carbons (Fsp3) is 0.500. The van der Waals surface area contributed by atoms with E-state index < -0.39 is 0 Å². The molecule has 0 saturated carbocycles. The minimum Gasteiger partial charge on any atom is -0.348 e. The van der Waals surface area contributed by atoms with Crippen LogP contribution in [0, 0.1) is 0 Å². The Labute approximate surface area is 154 Å². The lowest BCUT2D eigenvalue weighted by Crippen LogP contribution is -2.32. The first-order chi connectivity index (χ1) is 11.9. The normalized spacial score (nSPS) is 17.2. The van der Waals surface area contributed by atoms with Gasteiger partial charge in [0.25, 0.3) is 0 Å². The van der Waals surface area contributed by atoms with E-state index in [-0.39, 0.29) is 17.4 Å². The second-order valence-corrected chi connectivity index (χ2v) is 8.57. The first-order valence-electron chi connectivity index (χ1n) is 8.86. The number of fused-ring (bicyclic) bond motifs is 1. The number of thioether (sulfide) groups is 1. The molecule has 1 N–H and O–H groups in total. The Hall–Kier alpha value is -1.75. The van der Waals surface area contributed by atoms with E-state index in [1.54, 1.807) is 11.8 Å². The van der Waals surface area contributed by atoms with Gasteiger partial charge in [-0.1, -0.05) is 32.9 Å². The maximum Gasteiger partial charge on any atom is 0.230 e. The average Bonchev–Trinajstić information content (AvgIpc) is 2.99. The molecule has 1 aliphatic rings. The van der Waals surface area contributed by atoms with Crippen LogP contribution in [0.2, 0.25) is 0 Å². The molecule has 0 saturated heterocycles. The van der Waals surface area contributed by atoms with Crippen LogP contribution in [0.3, 0.4) is 0 Å². The lowest BCUT2D eigenvalue weighted by molar-refractivity contribution is -0.119. The number of nitrogens with zero attached hydrogens (tertiary/aromatic N) is 2. The maximum atomic E-state index is 12.0. The molecule has 1 aromatic carbocycles. The van der Waals surface area contributed by atoms with Gasteiger partial charge >= 0.3 is 0 Å². The number of carbonyl (C=O) groups excluding carboxylic acids is 1. The van der Waals surface area contributed by atoms with Gasteiger partial charge in [-0.15, -0.1) is 0 Å². The van der Waals surface area contributed by atoms with Crippen LogP contribution < -0.4 is 5.32 Å². The standard InChI is InChI=1S/C20H27N3OS/c1-20(2,3)14-8-10-15(11-9-14)23-18-7-5-6-17(16(18)12-21-23)22-19(24)13-25-4/h8-12,17H,5-7,13H2,1-4H3,(H,22,24)/t17-/m1/s1. The van der Waals surface area contributed by atoms with Crippen LogP contribution in [-0.2, 0) is 16.6 Å². The predicted octanol–water partition coefficient (Wildman–Crippen LogP) is 4.03. The molecule has 1 atom stereocenters. The molecule has 4 nitrogen and oxygen atoms in total. The topological polar surface area (TPSA) is 46.9 Å².